The molecule has 1 heterocycles. The van der Waals surface area contributed by atoms with Crippen LogP contribution in [0.4, 0.5) is 0 Å². The van der Waals surface area contributed by atoms with Crippen molar-refractivity contribution in [2.75, 3.05) is 6.61 Å². The average Bonchev–Trinajstić information content (AvgIpc) is 2.77. The number of carbonyl (C=O) groups is 3. The molecule has 0 spiro atoms. The number of nitrogens with one attached hydrogen (secondary N) is 1. The van der Waals surface area contributed by atoms with Crippen LogP contribution in [0, 0.1) is 5.21 Å². The fourth-order valence-electron chi connectivity index (χ4n) is 3.03. The highest BCUT2D eigenvalue weighted by molar-refractivity contribution is 5.96. The van der Waals surface area contributed by atoms with Crippen LogP contribution in [-0.2, 0) is 14.4 Å². The Morgan fingerprint density at radius 2 is 1.73 bits per heavy atom. The van der Waals surface area contributed by atoms with Gasteiger partial charge in [-0.05, 0) is 65.8 Å². The smallest absolute Gasteiger partial charge is 0.313 e. The van der Waals surface area contributed by atoms with Gasteiger partial charge < -0.3 is 15.3 Å². The summed E-state index contributed by atoms with van der Waals surface area (Å²) >= 11 is 0. The number of amides is 1. The Bertz CT molecular complexity index is 873. The summed E-state index contributed by atoms with van der Waals surface area (Å²) in [7, 11) is 0. The molecule has 0 radical (unpaired) electrons. The summed E-state index contributed by atoms with van der Waals surface area (Å²) in [6.45, 7) is 9.39. The standard InChI is InChI=1S/C21H29N3O6/c1-13(25)11-17(14(2)26)22-18(27)12-30-16-9-7-15(8-10-16)19-23(28)20(3,4)21(5,6)24(19)29/h7-10,17,28H,11-12H2,1-6H3,(H,22,27)/t17-/m0/s1. The topological polar surface area (TPSA) is 122 Å². The van der Waals surface area contributed by atoms with E-state index in [0.717, 1.165) is 9.80 Å². The van der Waals surface area contributed by atoms with Gasteiger partial charge in [0.05, 0.1) is 11.6 Å². The van der Waals surface area contributed by atoms with Crippen molar-refractivity contribution in [1.29, 1.82) is 0 Å². The third-order valence-corrected chi connectivity index (χ3v) is 5.73. The van der Waals surface area contributed by atoms with Gasteiger partial charge in [0.15, 0.2) is 17.9 Å². The van der Waals surface area contributed by atoms with Crippen LogP contribution < -0.4 is 10.1 Å². The molecule has 1 aromatic rings. The fourth-order valence-corrected chi connectivity index (χ4v) is 3.03. The minimum Gasteiger partial charge on any atom is -0.714 e. The first kappa shape index (κ1) is 23.3. The third-order valence-electron chi connectivity index (χ3n) is 5.73. The van der Waals surface area contributed by atoms with Crippen LogP contribution in [0.15, 0.2) is 24.3 Å². The summed E-state index contributed by atoms with van der Waals surface area (Å²) in [5.41, 5.74) is -1.15. The monoisotopic (exact) mass is 419 g/mol. The SMILES string of the molecule is CC(=O)C[C@H](NC(=O)COc1ccc(C2=[N+]([O-])C(C)(C)C(C)(C)N2O)cc1)C(C)=O. The van der Waals surface area contributed by atoms with E-state index < -0.39 is 23.0 Å². The lowest BCUT2D eigenvalue weighted by molar-refractivity contribution is -0.539. The van der Waals surface area contributed by atoms with Crippen LogP contribution >= 0.6 is 0 Å². The Labute approximate surface area is 175 Å². The Morgan fingerprint density at radius 3 is 2.17 bits per heavy atom. The molecule has 1 aliphatic heterocycles. The zero-order valence-corrected chi connectivity index (χ0v) is 18.2. The maximum Gasteiger partial charge on any atom is 0.313 e. The number of ether oxygens (including phenoxy) is 1. The van der Waals surface area contributed by atoms with Gasteiger partial charge in [0.25, 0.3) is 5.91 Å². The summed E-state index contributed by atoms with van der Waals surface area (Å²) < 4.78 is 6.21. The van der Waals surface area contributed by atoms with Crippen LogP contribution in [0.25, 0.3) is 0 Å². The number of ketones is 2. The first-order valence-electron chi connectivity index (χ1n) is 9.65. The number of carbonyl (C=O) groups excluding carboxylic acids is 3. The summed E-state index contributed by atoms with van der Waals surface area (Å²) in [5, 5.41) is 26.7. The number of Topliss-reactive ketones (excluding diaryl/α,β-unsaturated/α-hetero) is 2. The molecule has 9 nitrogen and oxygen atoms in total. The van der Waals surface area contributed by atoms with E-state index in [1.54, 1.807) is 52.0 Å². The van der Waals surface area contributed by atoms with E-state index in [9.17, 15) is 24.8 Å². The van der Waals surface area contributed by atoms with E-state index in [4.69, 9.17) is 4.74 Å². The molecule has 1 amide bonds. The number of hydrogen-bond acceptors (Lipinski definition) is 7. The molecule has 30 heavy (non-hydrogen) atoms. The van der Waals surface area contributed by atoms with E-state index >= 15 is 0 Å². The van der Waals surface area contributed by atoms with E-state index in [-0.39, 0.29) is 30.4 Å². The van der Waals surface area contributed by atoms with Gasteiger partial charge in [-0.2, -0.15) is 0 Å². The molecule has 164 valence electrons. The highest BCUT2D eigenvalue weighted by atomic mass is 16.5. The molecular weight excluding hydrogens is 390 g/mol. The molecule has 0 fully saturated rings. The lowest BCUT2D eigenvalue weighted by Crippen LogP contribution is -2.53. The second kappa shape index (κ2) is 8.43. The molecule has 0 saturated heterocycles. The Kier molecular flexibility index (Phi) is 6.56. The maximum atomic E-state index is 12.7. The van der Waals surface area contributed by atoms with Gasteiger partial charge in [-0.15, -0.1) is 5.06 Å². The van der Waals surface area contributed by atoms with Crippen LogP contribution in [0.2, 0.25) is 0 Å². The van der Waals surface area contributed by atoms with E-state index in [1.165, 1.54) is 13.8 Å². The molecule has 1 aromatic carbocycles. The van der Waals surface area contributed by atoms with Gasteiger partial charge in [-0.25, -0.2) is 5.21 Å². The number of hydroxylamine groups is 3. The van der Waals surface area contributed by atoms with Crippen molar-refractivity contribution < 1.29 is 29.1 Å². The lowest BCUT2D eigenvalue weighted by atomic mass is 9.84. The van der Waals surface area contributed by atoms with Crippen molar-refractivity contribution in [3.05, 3.63) is 35.0 Å². The van der Waals surface area contributed by atoms with Gasteiger partial charge in [-0.1, -0.05) is 0 Å². The number of nitrogens with zero attached hydrogens (tertiary/aromatic N) is 2. The largest absolute Gasteiger partial charge is 0.714 e. The van der Waals surface area contributed by atoms with E-state index in [1.807, 2.05) is 0 Å². The van der Waals surface area contributed by atoms with Crippen molar-refractivity contribution in [2.45, 2.75) is 65.1 Å². The molecule has 0 bridgehead atoms. The molecular formula is C21H29N3O6. The summed E-state index contributed by atoms with van der Waals surface area (Å²) in [5.74, 6) is -0.533. The van der Waals surface area contributed by atoms with Crippen molar-refractivity contribution in [3.63, 3.8) is 0 Å². The van der Waals surface area contributed by atoms with Gasteiger partial charge in [0.1, 0.15) is 17.1 Å². The van der Waals surface area contributed by atoms with E-state index in [2.05, 4.69) is 5.32 Å². The number of benzene rings is 1. The molecule has 2 rings (SSSR count). The first-order valence-corrected chi connectivity index (χ1v) is 9.65. The molecule has 1 aliphatic rings. The Hall–Kier alpha value is -2.94. The second-order valence-corrected chi connectivity index (χ2v) is 8.50. The van der Waals surface area contributed by atoms with Crippen LogP contribution in [0.3, 0.4) is 0 Å². The predicted octanol–water partition coefficient (Wildman–Crippen LogP) is 1.64. The minimum absolute atomic E-state index is 0.0650. The normalized spacial score (nSPS) is 18.2. The third kappa shape index (κ3) is 4.46. The lowest BCUT2D eigenvalue weighted by Gasteiger charge is -2.33. The minimum atomic E-state index is -0.870. The highest BCUT2D eigenvalue weighted by Crippen LogP contribution is 2.37. The average molecular weight is 419 g/mol. The van der Waals surface area contributed by atoms with E-state index in [0.29, 0.717) is 11.3 Å². The predicted molar refractivity (Wildman–Crippen MR) is 109 cm³/mol. The van der Waals surface area contributed by atoms with Crippen molar-refractivity contribution in [2.24, 2.45) is 0 Å². The van der Waals surface area contributed by atoms with Crippen LogP contribution in [0.1, 0.15) is 53.5 Å². The summed E-state index contributed by atoms with van der Waals surface area (Å²) in [6.07, 6.45) is -0.0650. The molecule has 0 aromatic heterocycles. The molecule has 9 heteroatoms. The quantitative estimate of drug-likeness (QED) is 0.485. The molecule has 0 unspecified atom stereocenters. The Morgan fingerprint density at radius 1 is 1.17 bits per heavy atom. The Balaban J connectivity index is 2.05. The van der Waals surface area contributed by atoms with Crippen molar-refractivity contribution in [3.8, 4) is 5.75 Å². The van der Waals surface area contributed by atoms with Crippen molar-refractivity contribution >= 4 is 23.3 Å². The van der Waals surface area contributed by atoms with Gasteiger partial charge in [0, 0.05) is 6.42 Å². The van der Waals surface area contributed by atoms with Gasteiger partial charge in [0.2, 0.25) is 0 Å². The zero-order chi connectivity index (χ0) is 22.9. The second-order valence-electron chi connectivity index (χ2n) is 8.50. The zero-order valence-electron chi connectivity index (χ0n) is 18.2. The van der Waals surface area contributed by atoms with Gasteiger partial charge in [-0.3, -0.25) is 19.1 Å². The molecule has 0 aliphatic carbocycles. The molecule has 2 N–H and O–H groups in total. The summed E-state index contributed by atoms with van der Waals surface area (Å²) in [6, 6.07) is 5.51. The first-order chi connectivity index (χ1) is 13.8. The number of amidine groups is 1. The molecule has 0 saturated carbocycles. The van der Waals surface area contributed by atoms with Crippen molar-refractivity contribution in [1.82, 2.24) is 10.4 Å². The molecule has 1 atom stereocenters. The summed E-state index contributed by atoms with van der Waals surface area (Å²) in [4.78, 5) is 34.8. The fraction of sp³-hybridized carbons (Fsp3) is 0.524. The number of hydrogen-bond donors (Lipinski definition) is 2. The number of rotatable bonds is 8. The maximum absolute atomic E-state index is 12.7. The van der Waals surface area contributed by atoms with Crippen LogP contribution in [-0.4, -0.2) is 62.0 Å². The van der Waals surface area contributed by atoms with Crippen LogP contribution in [0.5, 0.6) is 5.75 Å². The van der Waals surface area contributed by atoms with Gasteiger partial charge >= 0.3 is 5.84 Å². The highest BCUT2D eigenvalue weighted by Gasteiger charge is 2.58.